The molecular formula is C18H27FN4O2. The quantitative estimate of drug-likeness (QED) is 0.559. The van der Waals surface area contributed by atoms with Crippen molar-refractivity contribution in [2.24, 2.45) is 10.9 Å². The third-order valence-electron chi connectivity index (χ3n) is 4.11. The molecule has 1 atom stereocenters. The van der Waals surface area contributed by atoms with Crippen LogP contribution < -0.4 is 10.6 Å². The van der Waals surface area contributed by atoms with Gasteiger partial charge in [-0.25, -0.2) is 9.38 Å². The standard InChI is InChI=1S/C18H27FN4O2/c1-4-20-18(21-10-13-5-6-16(24)15(19)9-13)22-14-7-8-23(11-14)17(25)12(2)3/h5-6,9,12,14,24H,4,7-8,10-11H2,1-3H3,(H2,20,21,22). The summed E-state index contributed by atoms with van der Waals surface area (Å²) in [6.45, 7) is 8.20. The fourth-order valence-electron chi connectivity index (χ4n) is 2.78. The first kappa shape index (κ1) is 19.0. The van der Waals surface area contributed by atoms with Crippen LogP contribution in [-0.4, -0.2) is 47.5 Å². The highest BCUT2D eigenvalue weighted by Gasteiger charge is 2.27. The Hall–Kier alpha value is -2.31. The molecule has 1 amide bonds. The van der Waals surface area contributed by atoms with Gasteiger partial charge in [-0.05, 0) is 31.0 Å². The number of carbonyl (C=O) groups is 1. The number of phenolic OH excluding ortho intramolecular Hbond substituents is 1. The normalized spacial score (nSPS) is 17.9. The Kier molecular flexibility index (Phi) is 6.61. The van der Waals surface area contributed by atoms with Crippen molar-refractivity contribution in [1.29, 1.82) is 0 Å². The Labute approximate surface area is 148 Å². The van der Waals surface area contributed by atoms with Crippen molar-refractivity contribution in [3.8, 4) is 5.75 Å². The zero-order valence-corrected chi connectivity index (χ0v) is 15.1. The second kappa shape index (κ2) is 8.69. The third-order valence-corrected chi connectivity index (χ3v) is 4.11. The van der Waals surface area contributed by atoms with E-state index in [9.17, 15) is 14.3 Å². The molecule has 2 rings (SSSR count). The fraction of sp³-hybridized carbons (Fsp3) is 0.556. The third kappa shape index (κ3) is 5.34. The molecule has 1 aliphatic rings. The smallest absolute Gasteiger partial charge is 0.225 e. The van der Waals surface area contributed by atoms with Gasteiger partial charge < -0.3 is 20.6 Å². The van der Waals surface area contributed by atoms with Gasteiger partial charge in [0.2, 0.25) is 5.91 Å². The Morgan fingerprint density at radius 3 is 2.88 bits per heavy atom. The number of guanidine groups is 1. The molecule has 0 spiro atoms. The predicted molar refractivity (Wildman–Crippen MR) is 95.8 cm³/mol. The molecule has 1 unspecified atom stereocenters. The summed E-state index contributed by atoms with van der Waals surface area (Å²) in [6.07, 6.45) is 0.872. The van der Waals surface area contributed by atoms with Gasteiger partial charge in [0.05, 0.1) is 6.54 Å². The van der Waals surface area contributed by atoms with E-state index in [0.29, 0.717) is 31.2 Å². The molecule has 1 aromatic carbocycles. The van der Waals surface area contributed by atoms with Crippen molar-refractivity contribution in [3.63, 3.8) is 0 Å². The molecule has 1 heterocycles. The lowest BCUT2D eigenvalue weighted by Gasteiger charge is -2.20. The number of nitrogens with zero attached hydrogens (tertiary/aromatic N) is 2. The van der Waals surface area contributed by atoms with E-state index in [1.807, 2.05) is 25.7 Å². The minimum absolute atomic E-state index is 0.00467. The van der Waals surface area contributed by atoms with E-state index < -0.39 is 5.82 Å². The van der Waals surface area contributed by atoms with Crippen molar-refractivity contribution >= 4 is 11.9 Å². The van der Waals surface area contributed by atoms with Crippen molar-refractivity contribution in [1.82, 2.24) is 15.5 Å². The van der Waals surface area contributed by atoms with Gasteiger partial charge in [-0.2, -0.15) is 0 Å². The lowest BCUT2D eigenvalue weighted by atomic mass is 10.2. The van der Waals surface area contributed by atoms with Crippen LogP contribution in [0, 0.1) is 11.7 Å². The second-order valence-electron chi connectivity index (χ2n) is 6.55. The van der Waals surface area contributed by atoms with Crippen LogP contribution in [0.15, 0.2) is 23.2 Å². The van der Waals surface area contributed by atoms with E-state index in [-0.39, 0.29) is 23.6 Å². The van der Waals surface area contributed by atoms with Crippen LogP contribution in [0.4, 0.5) is 4.39 Å². The SMILES string of the molecule is CCNC(=NCc1ccc(O)c(F)c1)NC1CCN(C(=O)C(C)C)C1. The summed E-state index contributed by atoms with van der Waals surface area (Å²) in [5.74, 6) is -0.196. The lowest BCUT2D eigenvalue weighted by molar-refractivity contribution is -0.133. The summed E-state index contributed by atoms with van der Waals surface area (Å²) < 4.78 is 13.4. The van der Waals surface area contributed by atoms with E-state index in [4.69, 9.17) is 0 Å². The molecule has 7 heteroatoms. The van der Waals surface area contributed by atoms with E-state index in [2.05, 4.69) is 15.6 Å². The minimum atomic E-state index is -0.649. The highest BCUT2D eigenvalue weighted by molar-refractivity contribution is 5.81. The van der Waals surface area contributed by atoms with Gasteiger partial charge in [0.1, 0.15) is 0 Å². The van der Waals surface area contributed by atoms with E-state index in [1.54, 1.807) is 6.07 Å². The average molecular weight is 350 g/mol. The maximum Gasteiger partial charge on any atom is 0.225 e. The zero-order chi connectivity index (χ0) is 18.4. The summed E-state index contributed by atoms with van der Waals surface area (Å²) in [6, 6.07) is 4.40. The first-order valence-electron chi connectivity index (χ1n) is 8.71. The van der Waals surface area contributed by atoms with Gasteiger partial charge in [0.25, 0.3) is 0 Å². The van der Waals surface area contributed by atoms with Gasteiger partial charge in [0.15, 0.2) is 17.5 Å². The summed E-state index contributed by atoms with van der Waals surface area (Å²) >= 11 is 0. The number of halogens is 1. The van der Waals surface area contributed by atoms with Crippen LogP contribution in [0.1, 0.15) is 32.8 Å². The highest BCUT2D eigenvalue weighted by atomic mass is 19.1. The number of carbonyl (C=O) groups excluding carboxylic acids is 1. The molecule has 0 saturated carbocycles. The van der Waals surface area contributed by atoms with Crippen molar-refractivity contribution in [3.05, 3.63) is 29.6 Å². The number of likely N-dealkylation sites (tertiary alicyclic amines) is 1. The van der Waals surface area contributed by atoms with E-state index >= 15 is 0 Å². The summed E-state index contributed by atoms with van der Waals surface area (Å²) in [4.78, 5) is 18.4. The number of hydrogen-bond donors (Lipinski definition) is 3. The molecular weight excluding hydrogens is 323 g/mol. The van der Waals surface area contributed by atoms with Crippen molar-refractivity contribution in [2.45, 2.75) is 39.8 Å². The first-order valence-corrected chi connectivity index (χ1v) is 8.71. The Morgan fingerprint density at radius 2 is 2.24 bits per heavy atom. The van der Waals surface area contributed by atoms with Gasteiger partial charge >= 0.3 is 0 Å². The van der Waals surface area contributed by atoms with Crippen LogP contribution in [0.25, 0.3) is 0 Å². The van der Waals surface area contributed by atoms with Crippen LogP contribution in [0.2, 0.25) is 0 Å². The van der Waals surface area contributed by atoms with E-state index in [1.165, 1.54) is 12.1 Å². The first-order chi connectivity index (χ1) is 11.9. The van der Waals surface area contributed by atoms with E-state index in [0.717, 1.165) is 13.0 Å². The maximum absolute atomic E-state index is 13.4. The Balaban J connectivity index is 1.96. The van der Waals surface area contributed by atoms with Crippen LogP contribution in [0.3, 0.4) is 0 Å². The Morgan fingerprint density at radius 1 is 1.48 bits per heavy atom. The molecule has 0 radical (unpaired) electrons. The molecule has 0 aliphatic carbocycles. The topological polar surface area (TPSA) is 77.0 Å². The number of aliphatic imine (C=N–C) groups is 1. The van der Waals surface area contributed by atoms with Gasteiger partial charge in [-0.1, -0.05) is 19.9 Å². The molecule has 138 valence electrons. The molecule has 0 aromatic heterocycles. The molecule has 0 bridgehead atoms. The molecule has 1 aliphatic heterocycles. The van der Waals surface area contributed by atoms with Gasteiger partial charge in [-0.15, -0.1) is 0 Å². The molecule has 6 nitrogen and oxygen atoms in total. The Bertz CT molecular complexity index is 634. The number of hydrogen-bond acceptors (Lipinski definition) is 3. The number of nitrogens with one attached hydrogen (secondary N) is 2. The number of amides is 1. The van der Waals surface area contributed by atoms with Crippen molar-refractivity contribution < 1.29 is 14.3 Å². The fourth-order valence-corrected chi connectivity index (χ4v) is 2.78. The van der Waals surface area contributed by atoms with Crippen molar-refractivity contribution in [2.75, 3.05) is 19.6 Å². The van der Waals surface area contributed by atoms with Crippen LogP contribution >= 0.6 is 0 Å². The predicted octanol–water partition coefficient (Wildman–Crippen LogP) is 1.84. The van der Waals surface area contributed by atoms with Crippen LogP contribution in [-0.2, 0) is 11.3 Å². The lowest BCUT2D eigenvalue weighted by Crippen LogP contribution is -2.45. The summed E-state index contributed by atoms with van der Waals surface area (Å²) in [5, 5.41) is 15.7. The molecule has 3 N–H and O–H groups in total. The minimum Gasteiger partial charge on any atom is -0.505 e. The number of phenols is 1. The number of benzene rings is 1. The van der Waals surface area contributed by atoms with Crippen LogP contribution in [0.5, 0.6) is 5.75 Å². The number of aromatic hydroxyl groups is 1. The molecule has 25 heavy (non-hydrogen) atoms. The summed E-state index contributed by atoms with van der Waals surface area (Å²) in [7, 11) is 0. The average Bonchev–Trinajstić information content (AvgIpc) is 3.03. The monoisotopic (exact) mass is 350 g/mol. The number of rotatable bonds is 5. The molecule has 1 fully saturated rings. The highest BCUT2D eigenvalue weighted by Crippen LogP contribution is 2.17. The maximum atomic E-state index is 13.4. The van der Waals surface area contributed by atoms with Gasteiger partial charge in [0, 0.05) is 31.6 Å². The summed E-state index contributed by atoms with van der Waals surface area (Å²) in [5.41, 5.74) is 0.676. The molecule has 1 aromatic rings. The zero-order valence-electron chi connectivity index (χ0n) is 15.1. The van der Waals surface area contributed by atoms with Gasteiger partial charge in [-0.3, -0.25) is 4.79 Å². The largest absolute Gasteiger partial charge is 0.505 e. The molecule has 1 saturated heterocycles. The second-order valence-corrected chi connectivity index (χ2v) is 6.55.